The van der Waals surface area contributed by atoms with Crippen LogP contribution in [0.25, 0.3) is 0 Å². The van der Waals surface area contributed by atoms with E-state index in [2.05, 4.69) is 12.1 Å². The van der Waals surface area contributed by atoms with E-state index in [-0.39, 0.29) is 6.10 Å². The Hall–Kier alpha value is -0.730. The molecule has 2 rings (SSSR count). The van der Waals surface area contributed by atoms with Crippen LogP contribution in [-0.2, 0) is 0 Å². The lowest BCUT2D eigenvalue weighted by atomic mass is 9.83. The minimum atomic E-state index is -0.0839. The van der Waals surface area contributed by atoms with E-state index in [0.717, 1.165) is 37.9 Å². The van der Waals surface area contributed by atoms with Crippen LogP contribution in [0.5, 0.6) is 5.75 Å². The number of rotatable bonds is 5. The molecule has 0 amide bonds. The van der Waals surface area contributed by atoms with Crippen molar-refractivity contribution in [2.24, 2.45) is 0 Å². The van der Waals surface area contributed by atoms with Gasteiger partial charge in [-0.2, -0.15) is 0 Å². The first-order valence-corrected chi connectivity index (χ1v) is 7.30. The molecule has 1 saturated carbocycles. The molecular formula is C15H21ClO2. The minimum Gasteiger partial charge on any atom is -0.494 e. The number of aliphatic hydroxyl groups is 1. The summed E-state index contributed by atoms with van der Waals surface area (Å²) in [5.74, 6) is 2.16. The van der Waals surface area contributed by atoms with E-state index in [1.54, 1.807) is 0 Å². The Balaban J connectivity index is 1.87. The van der Waals surface area contributed by atoms with Gasteiger partial charge in [0.05, 0.1) is 12.7 Å². The maximum atomic E-state index is 9.51. The third kappa shape index (κ3) is 3.89. The topological polar surface area (TPSA) is 29.5 Å². The van der Waals surface area contributed by atoms with Crippen LogP contribution in [0, 0.1) is 0 Å². The molecule has 0 atom stereocenters. The van der Waals surface area contributed by atoms with E-state index in [9.17, 15) is 5.11 Å². The minimum absolute atomic E-state index is 0.0839. The van der Waals surface area contributed by atoms with Crippen LogP contribution >= 0.6 is 11.6 Å². The van der Waals surface area contributed by atoms with Crippen molar-refractivity contribution in [3.63, 3.8) is 0 Å². The number of hydrogen-bond donors (Lipinski definition) is 1. The Kier molecular flexibility index (Phi) is 5.33. The zero-order chi connectivity index (χ0) is 12.8. The maximum absolute atomic E-state index is 9.51. The molecule has 3 heteroatoms. The van der Waals surface area contributed by atoms with Crippen LogP contribution < -0.4 is 4.74 Å². The molecule has 0 aliphatic heterocycles. The average molecular weight is 269 g/mol. The average Bonchev–Trinajstić information content (AvgIpc) is 2.41. The summed E-state index contributed by atoms with van der Waals surface area (Å²) < 4.78 is 5.58. The summed E-state index contributed by atoms with van der Waals surface area (Å²) in [7, 11) is 0. The van der Waals surface area contributed by atoms with Crippen molar-refractivity contribution >= 4 is 11.6 Å². The molecule has 0 saturated heterocycles. The van der Waals surface area contributed by atoms with Crippen molar-refractivity contribution in [1.82, 2.24) is 0 Å². The van der Waals surface area contributed by atoms with Gasteiger partial charge in [0, 0.05) is 5.88 Å². The summed E-state index contributed by atoms with van der Waals surface area (Å²) >= 11 is 5.61. The summed E-state index contributed by atoms with van der Waals surface area (Å²) in [5, 5.41) is 9.51. The molecule has 0 bridgehead atoms. The molecule has 0 spiro atoms. The molecule has 0 aromatic heterocycles. The molecule has 2 nitrogen and oxygen atoms in total. The van der Waals surface area contributed by atoms with Gasteiger partial charge in [-0.1, -0.05) is 12.1 Å². The van der Waals surface area contributed by atoms with Crippen molar-refractivity contribution in [1.29, 1.82) is 0 Å². The summed E-state index contributed by atoms with van der Waals surface area (Å²) in [6.45, 7) is 0.679. The first kappa shape index (κ1) is 13.7. The first-order chi connectivity index (χ1) is 8.79. The molecule has 1 aliphatic carbocycles. The SMILES string of the molecule is OC1CCC(c2ccc(OCCCCl)cc2)CC1. The quantitative estimate of drug-likeness (QED) is 0.652. The van der Waals surface area contributed by atoms with Gasteiger partial charge in [0.2, 0.25) is 0 Å². The number of ether oxygens (including phenoxy) is 1. The van der Waals surface area contributed by atoms with Gasteiger partial charge < -0.3 is 9.84 Å². The molecule has 1 aromatic rings. The van der Waals surface area contributed by atoms with Gasteiger partial charge >= 0.3 is 0 Å². The van der Waals surface area contributed by atoms with Gasteiger partial charge in [-0.3, -0.25) is 0 Å². The van der Waals surface area contributed by atoms with E-state index in [0.29, 0.717) is 18.4 Å². The van der Waals surface area contributed by atoms with Crippen LogP contribution in [0.1, 0.15) is 43.6 Å². The second kappa shape index (κ2) is 7.01. The van der Waals surface area contributed by atoms with E-state index in [1.165, 1.54) is 5.56 Å². The van der Waals surface area contributed by atoms with Gasteiger partial charge in [0.1, 0.15) is 5.75 Å². The zero-order valence-electron chi connectivity index (χ0n) is 10.6. The van der Waals surface area contributed by atoms with Crippen molar-refractivity contribution in [3.05, 3.63) is 29.8 Å². The van der Waals surface area contributed by atoms with Crippen LogP contribution in [0.3, 0.4) is 0 Å². The molecule has 18 heavy (non-hydrogen) atoms. The number of aliphatic hydroxyl groups excluding tert-OH is 1. The van der Waals surface area contributed by atoms with Crippen LogP contribution in [0.2, 0.25) is 0 Å². The highest BCUT2D eigenvalue weighted by Gasteiger charge is 2.20. The fourth-order valence-electron chi connectivity index (χ4n) is 2.49. The number of halogens is 1. The summed E-state index contributed by atoms with van der Waals surface area (Å²) in [4.78, 5) is 0. The standard InChI is InChI=1S/C15H21ClO2/c16-10-1-11-18-15-8-4-13(5-9-15)12-2-6-14(17)7-3-12/h4-5,8-9,12,14,17H,1-3,6-7,10-11H2. The van der Waals surface area contributed by atoms with Crippen LogP contribution in [-0.4, -0.2) is 23.7 Å². The smallest absolute Gasteiger partial charge is 0.119 e. The predicted octanol–water partition coefficient (Wildman–Crippen LogP) is 3.71. The molecule has 0 unspecified atom stereocenters. The molecule has 1 aliphatic rings. The molecule has 100 valence electrons. The highest BCUT2D eigenvalue weighted by atomic mass is 35.5. The fourth-order valence-corrected chi connectivity index (χ4v) is 2.60. The third-order valence-electron chi connectivity index (χ3n) is 3.59. The largest absolute Gasteiger partial charge is 0.494 e. The summed E-state index contributed by atoms with van der Waals surface area (Å²) in [5.41, 5.74) is 1.37. The van der Waals surface area contributed by atoms with E-state index >= 15 is 0 Å². The normalized spacial score (nSPS) is 23.9. The Bertz CT molecular complexity index is 342. The van der Waals surface area contributed by atoms with Gasteiger partial charge in [-0.05, 0) is 55.7 Å². The maximum Gasteiger partial charge on any atom is 0.119 e. The Morgan fingerprint density at radius 3 is 2.39 bits per heavy atom. The van der Waals surface area contributed by atoms with Gasteiger partial charge in [-0.25, -0.2) is 0 Å². The summed E-state index contributed by atoms with van der Waals surface area (Å²) in [6, 6.07) is 8.37. The van der Waals surface area contributed by atoms with Crippen molar-refractivity contribution in [2.45, 2.75) is 44.1 Å². The molecule has 0 heterocycles. The van der Waals surface area contributed by atoms with Crippen LogP contribution in [0.4, 0.5) is 0 Å². The molecular weight excluding hydrogens is 248 g/mol. The van der Waals surface area contributed by atoms with E-state index < -0.39 is 0 Å². The zero-order valence-corrected chi connectivity index (χ0v) is 11.4. The molecule has 1 aromatic carbocycles. The van der Waals surface area contributed by atoms with Crippen LogP contribution in [0.15, 0.2) is 24.3 Å². The van der Waals surface area contributed by atoms with Crippen molar-refractivity contribution in [2.75, 3.05) is 12.5 Å². The second-order valence-electron chi connectivity index (χ2n) is 4.97. The van der Waals surface area contributed by atoms with Crippen molar-refractivity contribution < 1.29 is 9.84 Å². The van der Waals surface area contributed by atoms with Gasteiger partial charge in [0.15, 0.2) is 0 Å². The first-order valence-electron chi connectivity index (χ1n) is 6.76. The lowest BCUT2D eigenvalue weighted by Crippen LogP contribution is -2.16. The monoisotopic (exact) mass is 268 g/mol. The second-order valence-corrected chi connectivity index (χ2v) is 5.34. The van der Waals surface area contributed by atoms with Gasteiger partial charge in [0.25, 0.3) is 0 Å². The predicted molar refractivity (Wildman–Crippen MR) is 74.5 cm³/mol. The third-order valence-corrected chi connectivity index (χ3v) is 3.86. The Morgan fingerprint density at radius 2 is 1.78 bits per heavy atom. The van der Waals surface area contributed by atoms with Crippen molar-refractivity contribution in [3.8, 4) is 5.75 Å². The van der Waals surface area contributed by atoms with Gasteiger partial charge in [-0.15, -0.1) is 11.6 Å². The molecule has 1 N–H and O–H groups in total. The number of hydrogen-bond acceptors (Lipinski definition) is 2. The lowest BCUT2D eigenvalue weighted by molar-refractivity contribution is 0.122. The van der Waals surface area contributed by atoms with E-state index in [1.807, 2.05) is 12.1 Å². The fraction of sp³-hybridized carbons (Fsp3) is 0.600. The molecule has 0 radical (unpaired) electrons. The Morgan fingerprint density at radius 1 is 1.11 bits per heavy atom. The molecule has 1 fully saturated rings. The lowest BCUT2D eigenvalue weighted by Gasteiger charge is -2.25. The Labute approximate surface area is 114 Å². The highest BCUT2D eigenvalue weighted by molar-refractivity contribution is 6.17. The van der Waals surface area contributed by atoms with E-state index in [4.69, 9.17) is 16.3 Å². The summed E-state index contributed by atoms with van der Waals surface area (Å²) in [6.07, 6.45) is 4.84. The number of alkyl halides is 1. The highest BCUT2D eigenvalue weighted by Crippen LogP contribution is 2.33. The number of benzene rings is 1.